The van der Waals surface area contributed by atoms with E-state index in [2.05, 4.69) is 57.8 Å². The molecule has 0 aromatic heterocycles. The van der Waals surface area contributed by atoms with Gasteiger partial charge in [-0.1, -0.05) is 30.3 Å². The van der Waals surface area contributed by atoms with Crippen molar-refractivity contribution >= 4 is 35.8 Å². The zero-order valence-corrected chi connectivity index (χ0v) is 18.6. The number of guanidine groups is 1. The Hall–Kier alpha value is -1.35. The number of amides is 1. The summed E-state index contributed by atoms with van der Waals surface area (Å²) in [6, 6.07) is 11.4. The summed E-state index contributed by atoms with van der Waals surface area (Å²) in [4.78, 5) is 20.2. The number of carbonyl (C=O) groups is 1. The Morgan fingerprint density at radius 2 is 2.00 bits per heavy atom. The second kappa shape index (κ2) is 11.4. The maximum Gasteiger partial charge on any atom is 0.243 e. The molecule has 1 amide bonds. The molecule has 6 nitrogen and oxygen atoms in total. The molecule has 0 aliphatic carbocycles. The second-order valence-corrected chi connectivity index (χ2v) is 6.82. The molecule has 0 bridgehead atoms. The molecule has 2 atom stereocenters. The molecule has 7 heteroatoms. The summed E-state index contributed by atoms with van der Waals surface area (Å²) in [5, 5.41) is 6.72. The van der Waals surface area contributed by atoms with E-state index in [9.17, 15) is 4.79 Å². The zero-order chi connectivity index (χ0) is 18.2. The van der Waals surface area contributed by atoms with E-state index in [0.717, 1.165) is 32.0 Å². The topological polar surface area (TPSA) is 60.0 Å². The summed E-state index contributed by atoms with van der Waals surface area (Å²) < 4.78 is 0. The van der Waals surface area contributed by atoms with Crippen LogP contribution < -0.4 is 10.6 Å². The van der Waals surface area contributed by atoms with Gasteiger partial charge in [0.2, 0.25) is 5.91 Å². The van der Waals surface area contributed by atoms with Crippen molar-refractivity contribution < 1.29 is 4.79 Å². The lowest BCUT2D eigenvalue weighted by atomic mass is 10.2. The number of nitrogens with zero attached hydrogens (tertiary/aromatic N) is 3. The highest BCUT2D eigenvalue weighted by molar-refractivity contribution is 14.0. The minimum Gasteiger partial charge on any atom is -0.357 e. The summed E-state index contributed by atoms with van der Waals surface area (Å²) in [7, 11) is 3.50. The Labute approximate surface area is 174 Å². The number of halogens is 1. The fraction of sp³-hybridized carbons (Fsp3) is 0.579. The number of hydrogen-bond acceptors (Lipinski definition) is 3. The van der Waals surface area contributed by atoms with E-state index in [1.54, 1.807) is 19.0 Å². The third-order valence-corrected chi connectivity index (χ3v) is 4.49. The molecule has 1 aromatic carbocycles. The van der Waals surface area contributed by atoms with Crippen LogP contribution in [-0.2, 0) is 11.3 Å². The van der Waals surface area contributed by atoms with Gasteiger partial charge in [-0.3, -0.25) is 9.69 Å². The lowest BCUT2D eigenvalue weighted by Crippen LogP contribution is -2.45. The molecular weight excluding hydrogens is 441 g/mol. The van der Waals surface area contributed by atoms with Crippen LogP contribution in [0.1, 0.15) is 25.8 Å². The maximum absolute atomic E-state index is 11.8. The Morgan fingerprint density at radius 3 is 2.62 bits per heavy atom. The van der Waals surface area contributed by atoms with Gasteiger partial charge in [0.05, 0.1) is 0 Å². The van der Waals surface area contributed by atoms with Gasteiger partial charge in [0, 0.05) is 45.8 Å². The summed E-state index contributed by atoms with van der Waals surface area (Å²) in [6.07, 6.45) is 1.07. The maximum atomic E-state index is 11.8. The molecule has 2 unspecified atom stereocenters. The van der Waals surface area contributed by atoms with E-state index in [0.29, 0.717) is 12.1 Å². The number of aliphatic imine (C=N–C) groups is 1. The Bertz CT molecular complexity index is 579. The fourth-order valence-corrected chi connectivity index (χ4v) is 3.04. The number of likely N-dealkylation sites (tertiary alicyclic amines) is 1. The van der Waals surface area contributed by atoms with Gasteiger partial charge in [-0.25, -0.2) is 4.99 Å². The van der Waals surface area contributed by atoms with Crippen molar-refractivity contribution in [3.05, 3.63) is 35.9 Å². The predicted molar refractivity (Wildman–Crippen MR) is 118 cm³/mol. The van der Waals surface area contributed by atoms with Crippen LogP contribution in [0, 0.1) is 0 Å². The number of rotatable bonds is 6. The first-order chi connectivity index (χ1) is 12.0. The highest BCUT2D eigenvalue weighted by atomic mass is 127. The number of nitrogens with one attached hydrogen (secondary N) is 2. The Balaban J connectivity index is 0.00000338. The molecule has 0 radical (unpaired) electrons. The number of benzene rings is 1. The fourth-order valence-electron chi connectivity index (χ4n) is 3.04. The van der Waals surface area contributed by atoms with Crippen molar-refractivity contribution in [3.8, 4) is 0 Å². The molecular formula is C19H32IN5O. The normalized spacial score (nSPS) is 20.4. The van der Waals surface area contributed by atoms with Crippen molar-refractivity contribution in [2.45, 2.75) is 38.9 Å². The minimum atomic E-state index is 0. The van der Waals surface area contributed by atoms with E-state index in [1.165, 1.54) is 5.56 Å². The second-order valence-electron chi connectivity index (χ2n) is 6.82. The van der Waals surface area contributed by atoms with Gasteiger partial charge in [-0.15, -0.1) is 24.0 Å². The summed E-state index contributed by atoms with van der Waals surface area (Å²) in [5.74, 6) is 0.721. The Morgan fingerprint density at radius 1 is 1.31 bits per heavy atom. The van der Waals surface area contributed by atoms with E-state index in [1.807, 2.05) is 6.92 Å². The van der Waals surface area contributed by atoms with E-state index in [4.69, 9.17) is 0 Å². The Kier molecular flexibility index (Phi) is 9.93. The predicted octanol–water partition coefficient (Wildman–Crippen LogP) is 1.91. The summed E-state index contributed by atoms with van der Waals surface area (Å²) in [5.41, 5.74) is 1.34. The quantitative estimate of drug-likeness (QED) is 0.377. The average molecular weight is 473 g/mol. The molecule has 1 saturated heterocycles. The van der Waals surface area contributed by atoms with Crippen LogP contribution in [0.2, 0.25) is 0 Å². The van der Waals surface area contributed by atoms with Gasteiger partial charge >= 0.3 is 0 Å². The molecule has 0 saturated carbocycles. The lowest BCUT2D eigenvalue weighted by molar-refractivity contribution is -0.127. The highest BCUT2D eigenvalue weighted by Gasteiger charge is 2.29. The number of hydrogen-bond donors (Lipinski definition) is 2. The largest absolute Gasteiger partial charge is 0.357 e. The average Bonchev–Trinajstić information content (AvgIpc) is 2.92. The molecule has 1 aromatic rings. The monoisotopic (exact) mass is 473 g/mol. The molecule has 1 fully saturated rings. The van der Waals surface area contributed by atoms with Crippen molar-refractivity contribution in [2.24, 2.45) is 4.99 Å². The van der Waals surface area contributed by atoms with E-state index in [-0.39, 0.29) is 36.4 Å². The third kappa shape index (κ3) is 7.11. The van der Waals surface area contributed by atoms with Crippen LogP contribution in [0.25, 0.3) is 0 Å². The van der Waals surface area contributed by atoms with Gasteiger partial charge < -0.3 is 15.5 Å². The van der Waals surface area contributed by atoms with Crippen LogP contribution in [0.3, 0.4) is 0 Å². The number of carbonyl (C=O) groups excluding carboxylic acids is 1. The van der Waals surface area contributed by atoms with Crippen LogP contribution in [0.15, 0.2) is 35.3 Å². The molecule has 0 spiro atoms. The van der Waals surface area contributed by atoms with Crippen molar-refractivity contribution in [1.29, 1.82) is 0 Å². The lowest BCUT2D eigenvalue weighted by Gasteiger charge is -2.21. The SMILES string of the molecule is CCNC(=NCC(=O)N(C)C)NC1CC(C)N(Cc2ccccc2)C1.I. The van der Waals surface area contributed by atoms with Crippen LogP contribution in [-0.4, -0.2) is 67.5 Å². The van der Waals surface area contributed by atoms with Gasteiger partial charge in [0.15, 0.2) is 5.96 Å². The van der Waals surface area contributed by atoms with Gasteiger partial charge in [0.25, 0.3) is 0 Å². The van der Waals surface area contributed by atoms with Crippen molar-refractivity contribution in [1.82, 2.24) is 20.4 Å². The molecule has 146 valence electrons. The number of likely N-dealkylation sites (N-methyl/N-ethyl adjacent to an activating group) is 1. The summed E-state index contributed by atoms with van der Waals surface area (Å²) >= 11 is 0. The van der Waals surface area contributed by atoms with Crippen LogP contribution >= 0.6 is 24.0 Å². The van der Waals surface area contributed by atoms with Crippen LogP contribution in [0.5, 0.6) is 0 Å². The van der Waals surface area contributed by atoms with E-state index >= 15 is 0 Å². The molecule has 1 heterocycles. The first kappa shape index (κ1) is 22.7. The third-order valence-electron chi connectivity index (χ3n) is 4.49. The van der Waals surface area contributed by atoms with E-state index < -0.39 is 0 Å². The minimum absolute atomic E-state index is 0. The standard InChI is InChI=1S/C19H31N5O.HI/c1-5-20-19(21-12-18(25)23(3)4)22-17-11-15(2)24(14-17)13-16-9-7-6-8-10-16;/h6-10,15,17H,5,11-14H2,1-4H3,(H2,20,21,22);1H. The highest BCUT2D eigenvalue weighted by Crippen LogP contribution is 2.20. The molecule has 2 N–H and O–H groups in total. The van der Waals surface area contributed by atoms with Gasteiger partial charge in [-0.2, -0.15) is 0 Å². The van der Waals surface area contributed by atoms with Gasteiger partial charge in [-0.05, 0) is 25.8 Å². The van der Waals surface area contributed by atoms with Crippen molar-refractivity contribution in [3.63, 3.8) is 0 Å². The molecule has 2 rings (SSSR count). The first-order valence-electron chi connectivity index (χ1n) is 9.02. The molecule has 26 heavy (non-hydrogen) atoms. The zero-order valence-electron chi connectivity index (χ0n) is 16.2. The van der Waals surface area contributed by atoms with Crippen molar-refractivity contribution in [2.75, 3.05) is 33.7 Å². The van der Waals surface area contributed by atoms with Gasteiger partial charge in [0.1, 0.15) is 6.54 Å². The molecule has 1 aliphatic heterocycles. The van der Waals surface area contributed by atoms with Crippen LogP contribution in [0.4, 0.5) is 0 Å². The summed E-state index contributed by atoms with van der Waals surface area (Å²) in [6.45, 7) is 7.18. The smallest absolute Gasteiger partial charge is 0.243 e. The molecule has 1 aliphatic rings. The first-order valence-corrected chi connectivity index (χ1v) is 9.02.